The van der Waals surface area contributed by atoms with Gasteiger partial charge in [0, 0.05) is 31.7 Å². The van der Waals surface area contributed by atoms with Crippen LogP contribution in [0.1, 0.15) is 47.0 Å². The molecule has 3 heterocycles. The molecule has 0 bridgehead atoms. The number of hydrogen-bond donors (Lipinski definition) is 1. The van der Waals surface area contributed by atoms with Crippen molar-refractivity contribution in [3.63, 3.8) is 0 Å². The van der Waals surface area contributed by atoms with Crippen LogP contribution in [0.25, 0.3) is 0 Å². The number of carbonyl (C=O) groups excluding carboxylic acids is 1. The van der Waals surface area contributed by atoms with E-state index >= 15 is 0 Å². The van der Waals surface area contributed by atoms with Gasteiger partial charge in [0.1, 0.15) is 6.04 Å². The van der Waals surface area contributed by atoms with Gasteiger partial charge in [-0.25, -0.2) is 0 Å². The zero-order chi connectivity index (χ0) is 17.2. The molecule has 2 aliphatic heterocycles. The molecular weight excluding hydrogens is 318 g/mol. The van der Waals surface area contributed by atoms with E-state index < -0.39 is 0 Å². The minimum Gasteiger partial charge on any atom is -0.337 e. The first-order valence-corrected chi connectivity index (χ1v) is 8.84. The average molecular weight is 341 g/mol. The average Bonchev–Trinajstić information content (AvgIpc) is 3.31. The van der Waals surface area contributed by atoms with Crippen molar-refractivity contribution in [2.24, 2.45) is 0 Å². The summed E-state index contributed by atoms with van der Waals surface area (Å²) in [5, 5.41) is 7.56. The lowest BCUT2D eigenvalue weighted by molar-refractivity contribution is 0.0710. The Hall–Kier alpha value is -2.25. The van der Waals surface area contributed by atoms with Crippen LogP contribution < -0.4 is 5.32 Å². The molecule has 0 saturated carbocycles. The summed E-state index contributed by atoms with van der Waals surface area (Å²) < 4.78 is 5.56. The van der Waals surface area contributed by atoms with Gasteiger partial charge in [-0.3, -0.25) is 9.69 Å². The maximum absolute atomic E-state index is 12.8. The smallest absolute Gasteiger partial charge is 0.254 e. The van der Waals surface area contributed by atoms with Crippen molar-refractivity contribution in [3.05, 3.63) is 47.6 Å². The van der Waals surface area contributed by atoms with Gasteiger partial charge >= 0.3 is 0 Å². The van der Waals surface area contributed by atoms with Gasteiger partial charge in [0.2, 0.25) is 5.89 Å². The molecule has 7 nitrogen and oxygen atoms in total. The molecule has 1 aromatic heterocycles. The molecule has 2 unspecified atom stereocenters. The van der Waals surface area contributed by atoms with Gasteiger partial charge in [0.15, 0.2) is 5.82 Å². The molecule has 2 saturated heterocycles. The molecule has 2 atom stereocenters. The van der Waals surface area contributed by atoms with E-state index in [2.05, 4.69) is 27.4 Å². The van der Waals surface area contributed by atoms with Crippen LogP contribution in [0, 0.1) is 0 Å². The number of hydrogen-bond acceptors (Lipinski definition) is 6. The molecule has 2 fully saturated rings. The predicted octanol–water partition coefficient (Wildman–Crippen LogP) is 1.62. The molecule has 0 aliphatic carbocycles. The Morgan fingerprint density at radius 3 is 2.88 bits per heavy atom. The Balaban J connectivity index is 1.54. The Morgan fingerprint density at radius 1 is 1.24 bits per heavy atom. The molecule has 1 aromatic carbocycles. The summed E-state index contributed by atoms with van der Waals surface area (Å²) in [5.41, 5.74) is 0.699. The summed E-state index contributed by atoms with van der Waals surface area (Å²) in [6, 6.07) is 9.36. The van der Waals surface area contributed by atoms with E-state index in [1.165, 1.54) is 0 Å². The van der Waals surface area contributed by atoms with Crippen LogP contribution in [0.3, 0.4) is 0 Å². The largest absolute Gasteiger partial charge is 0.337 e. The number of likely N-dealkylation sites (N-methyl/N-ethyl adjacent to an activating group) is 1. The normalized spacial score (nSPS) is 24.6. The van der Waals surface area contributed by atoms with Gasteiger partial charge in [-0.05, 0) is 32.0 Å². The first-order chi connectivity index (χ1) is 12.2. The summed E-state index contributed by atoms with van der Waals surface area (Å²) in [5.74, 6) is 1.28. The quantitative estimate of drug-likeness (QED) is 0.914. The number of nitrogens with one attached hydrogen (secondary N) is 1. The van der Waals surface area contributed by atoms with E-state index in [1.807, 2.05) is 35.2 Å². The molecule has 1 N–H and O–H groups in total. The first kappa shape index (κ1) is 16.2. The van der Waals surface area contributed by atoms with E-state index in [4.69, 9.17) is 4.52 Å². The van der Waals surface area contributed by atoms with Crippen molar-refractivity contribution in [2.45, 2.75) is 24.9 Å². The third-order valence-corrected chi connectivity index (χ3v) is 5.09. The standard InChI is InChI=1S/C18H23N5O2/c1-22-11-9-19-12-15(22)16-20-17(25-21-16)14-8-5-10-23(14)18(24)13-6-3-2-4-7-13/h2-4,6-7,14-15,19H,5,8-12H2,1H3. The summed E-state index contributed by atoms with van der Waals surface area (Å²) in [6.45, 7) is 3.46. The van der Waals surface area contributed by atoms with Crippen LogP contribution in [0.5, 0.6) is 0 Å². The summed E-state index contributed by atoms with van der Waals surface area (Å²) in [4.78, 5) is 21.5. The van der Waals surface area contributed by atoms with Crippen LogP contribution in [-0.4, -0.2) is 59.1 Å². The number of carbonyl (C=O) groups is 1. The SMILES string of the molecule is CN1CCNCC1c1noc(C2CCCN2C(=O)c2ccccc2)n1. The number of benzene rings is 1. The maximum Gasteiger partial charge on any atom is 0.254 e. The van der Waals surface area contributed by atoms with Crippen molar-refractivity contribution >= 4 is 5.91 Å². The van der Waals surface area contributed by atoms with Gasteiger partial charge in [-0.15, -0.1) is 0 Å². The topological polar surface area (TPSA) is 74.5 Å². The summed E-state index contributed by atoms with van der Waals surface area (Å²) in [7, 11) is 2.07. The lowest BCUT2D eigenvalue weighted by Gasteiger charge is -2.30. The fourth-order valence-corrected chi connectivity index (χ4v) is 3.63. The first-order valence-electron chi connectivity index (χ1n) is 8.84. The second-order valence-corrected chi connectivity index (χ2v) is 6.71. The molecule has 2 aliphatic rings. The third-order valence-electron chi connectivity index (χ3n) is 5.09. The van der Waals surface area contributed by atoms with Crippen molar-refractivity contribution in [2.75, 3.05) is 33.2 Å². The van der Waals surface area contributed by atoms with Crippen LogP contribution in [-0.2, 0) is 0 Å². The zero-order valence-corrected chi connectivity index (χ0v) is 14.4. The van der Waals surface area contributed by atoms with E-state index in [0.717, 1.165) is 39.0 Å². The van der Waals surface area contributed by atoms with Gasteiger partial charge in [0.05, 0.1) is 6.04 Å². The second kappa shape index (κ2) is 6.93. The molecule has 25 heavy (non-hydrogen) atoms. The van der Waals surface area contributed by atoms with Crippen molar-refractivity contribution in [1.29, 1.82) is 0 Å². The van der Waals surface area contributed by atoms with Crippen LogP contribution in [0.2, 0.25) is 0 Å². The fraction of sp³-hybridized carbons (Fsp3) is 0.500. The molecule has 2 aromatic rings. The highest BCUT2D eigenvalue weighted by atomic mass is 16.5. The summed E-state index contributed by atoms with van der Waals surface area (Å²) in [6.07, 6.45) is 1.81. The Bertz CT molecular complexity index is 732. The van der Waals surface area contributed by atoms with Gasteiger partial charge < -0.3 is 14.7 Å². The molecule has 4 rings (SSSR count). The van der Waals surface area contributed by atoms with E-state index in [9.17, 15) is 4.79 Å². The van der Waals surface area contributed by atoms with E-state index in [1.54, 1.807) is 0 Å². The zero-order valence-electron chi connectivity index (χ0n) is 14.4. The number of amides is 1. The number of rotatable bonds is 3. The lowest BCUT2D eigenvalue weighted by atomic mass is 10.1. The Kier molecular flexibility index (Phi) is 4.50. The third kappa shape index (κ3) is 3.17. The van der Waals surface area contributed by atoms with Crippen molar-refractivity contribution < 1.29 is 9.32 Å². The Labute approximate surface area is 147 Å². The van der Waals surface area contributed by atoms with Crippen LogP contribution in [0.15, 0.2) is 34.9 Å². The lowest BCUT2D eigenvalue weighted by Crippen LogP contribution is -2.44. The van der Waals surface area contributed by atoms with Crippen LogP contribution in [0.4, 0.5) is 0 Å². The number of nitrogens with zero attached hydrogens (tertiary/aromatic N) is 4. The highest BCUT2D eigenvalue weighted by Crippen LogP contribution is 2.33. The predicted molar refractivity (Wildman–Crippen MR) is 92.0 cm³/mol. The highest BCUT2D eigenvalue weighted by Gasteiger charge is 2.35. The monoisotopic (exact) mass is 341 g/mol. The van der Waals surface area contributed by atoms with Crippen molar-refractivity contribution in [3.8, 4) is 0 Å². The minimum absolute atomic E-state index is 0.0271. The highest BCUT2D eigenvalue weighted by molar-refractivity contribution is 5.94. The Morgan fingerprint density at radius 2 is 2.08 bits per heavy atom. The molecule has 1 amide bonds. The number of piperazine rings is 1. The van der Waals surface area contributed by atoms with Crippen LogP contribution >= 0.6 is 0 Å². The number of aromatic nitrogens is 2. The van der Waals surface area contributed by atoms with Crippen molar-refractivity contribution in [1.82, 2.24) is 25.3 Å². The van der Waals surface area contributed by atoms with Gasteiger partial charge in [-0.2, -0.15) is 4.98 Å². The second-order valence-electron chi connectivity index (χ2n) is 6.71. The van der Waals surface area contributed by atoms with Gasteiger partial charge in [-0.1, -0.05) is 23.4 Å². The maximum atomic E-state index is 12.8. The molecule has 0 spiro atoms. The summed E-state index contributed by atoms with van der Waals surface area (Å²) >= 11 is 0. The molecule has 0 radical (unpaired) electrons. The van der Waals surface area contributed by atoms with E-state index in [0.29, 0.717) is 17.3 Å². The minimum atomic E-state index is -0.129. The molecular formula is C18H23N5O2. The molecule has 132 valence electrons. The fourth-order valence-electron chi connectivity index (χ4n) is 3.63. The molecule has 7 heteroatoms. The van der Waals surface area contributed by atoms with Gasteiger partial charge in [0.25, 0.3) is 5.91 Å². The number of likely N-dealkylation sites (tertiary alicyclic amines) is 1. The van der Waals surface area contributed by atoms with E-state index in [-0.39, 0.29) is 18.0 Å².